The SMILES string of the molecule is CC(=O)N[C@@H]1[C@@H](OC(C)=O)[C@H](OC(C)=O)[C@@H](COC(C)=O)O[C@H]1n1nc(COc2ccc(C(C)(C)C)cc2)n(C)c1=S. The summed E-state index contributed by atoms with van der Waals surface area (Å²) < 4.78 is 31.6. The van der Waals surface area contributed by atoms with Crippen LogP contribution in [0.2, 0.25) is 0 Å². The molecular weight excluding hydrogens is 568 g/mol. The largest absolute Gasteiger partial charge is 0.486 e. The highest BCUT2D eigenvalue weighted by molar-refractivity contribution is 7.71. The van der Waals surface area contributed by atoms with Gasteiger partial charge in [-0.3, -0.25) is 19.2 Å². The number of nitrogens with one attached hydrogen (secondary N) is 1. The molecule has 2 aromatic rings. The molecule has 13 nitrogen and oxygen atoms in total. The van der Waals surface area contributed by atoms with Gasteiger partial charge in [0.2, 0.25) is 5.91 Å². The Morgan fingerprint density at radius 1 is 0.976 bits per heavy atom. The summed E-state index contributed by atoms with van der Waals surface area (Å²) >= 11 is 5.66. The number of aromatic nitrogens is 3. The molecule has 42 heavy (non-hydrogen) atoms. The molecule has 1 aliphatic heterocycles. The van der Waals surface area contributed by atoms with Crippen LogP contribution in [0.5, 0.6) is 5.75 Å². The molecular formula is C28H38N4O9S. The number of ether oxygens (including phenoxy) is 5. The maximum absolute atomic E-state index is 12.3. The number of nitrogens with zero attached hydrogens (tertiary/aromatic N) is 3. The molecule has 0 saturated carbocycles. The summed E-state index contributed by atoms with van der Waals surface area (Å²) in [5, 5.41) is 7.33. The molecule has 230 valence electrons. The molecule has 1 amide bonds. The van der Waals surface area contributed by atoms with Crippen LogP contribution in [-0.4, -0.2) is 69.1 Å². The molecule has 1 aromatic carbocycles. The second-order valence-electron chi connectivity index (χ2n) is 11.0. The highest BCUT2D eigenvalue weighted by atomic mass is 32.1. The zero-order valence-corrected chi connectivity index (χ0v) is 25.9. The van der Waals surface area contributed by atoms with Gasteiger partial charge in [-0.2, -0.15) is 5.10 Å². The average molecular weight is 607 g/mol. The van der Waals surface area contributed by atoms with Crippen molar-refractivity contribution < 1.29 is 42.9 Å². The van der Waals surface area contributed by atoms with Gasteiger partial charge in [0.25, 0.3) is 0 Å². The van der Waals surface area contributed by atoms with Crippen molar-refractivity contribution in [3.05, 3.63) is 40.4 Å². The maximum Gasteiger partial charge on any atom is 0.303 e. The van der Waals surface area contributed by atoms with Gasteiger partial charge in [0.05, 0.1) is 0 Å². The molecule has 5 atom stereocenters. The van der Waals surface area contributed by atoms with E-state index in [2.05, 4.69) is 31.2 Å². The quantitative estimate of drug-likeness (QED) is 0.255. The number of amides is 1. The second-order valence-corrected chi connectivity index (χ2v) is 11.4. The van der Waals surface area contributed by atoms with Crippen LogP contribution in [0.25, 0.3) is 0 Å². The average Bonchev–Trinajstić information content (AvgIpc) is 3.16. The van der Waals surface area contributed by atoms with Crippen molar-refractivity contribution in [2.24, 2.45) is 7.05 Å². The Balaban J connectivity index is 1.99. The Labute approximate surface area is 249 Å². The third-order valence-electron chi connectivity index (χ3n) is 6.51. The number of esters is 3. The Morgan fingerprint density at radius 3 is 2.10 bits per heavy atom. The fourth-order valence-electron chi connectivity index (χ4n) is 4.51. The Bertz CT molecular complexity index is 1360. The van der Waals surface area contributed by atoms with E-state index < -0.39 is 54.4 Å². The number of carbonyl (C=O) groups is 4. The molecule has 0 bridgehead atoms. The fourth-order valence-corrected chi connectivity index (χ4v) is 4.76. The summed E-state index contributed by atoms with van der Waals surface area (Å²) in [5.41, 5.74) is 1.16. The topological polar surface area (TPSA) is 149 Å². The van der Waals surface area contributed by atoms with Crippen LogP contribution < -0.4 is 10.1 Å². The van der Waals surface area contributed by atoms with E-state index in [1.807, 2.05) is 24.3 Å². The predicted molar refractivity (Wildman–Crippen MR) is 151 cm³/mol. The van der Waals surface area contributed by atoms with E-state index in [1.165, 1.54) is 32.4 Å². The molecule has 0 aliphatic carbocycles. The lowest BCUT2D eigenvalue weighted by Crippen LogP contribution is -2.64. The van der Waals surface area contributed by atoms with Crippen LogP contribution in [0, 0.1) is 4.77 Å². The highest BCUT2D eigenvalue weighted by Gasteiger charge is 2.52. The first-order valence-corrected chi connectivity index (χ1v) is 13.8. The first-order chi connectivity index (χ1) is 19.6. The summed E-state index contributed by atoms with van der Waals surface area (Å²) in [4.78, 5) is 48.0. The third kappa shape index (κ3) is 8.16. The van der Waals surface area contributed by atoms with E-state index in [1.54, 1.807) is 11.6 Å². The van der Waals surface area contributed by atoms with E-state index in [-0.39, 0.29) is 23.4 Å². The monoisotopic (exact) mass is 606 g/mol. The number of benzene rings is 1. The van der Waals surface area contributed by atoms with Crippen LogP contribution in [0.3, 0.4) is 0 Å². The molecule has 0 spiro atoms. The van der Waals surface area contributed by atoms with Crippen molar-refractivity contribution in [2.75, 3.05) is 6.61 Å². The standard InChI is InChI=1S/C28H38N4O9S/c1-15(33)29-23-25(40-18(4)36)24(39-17(3)35)21(13-37-16(2)34)41-26(23)32-27(42)31(8)22(30-32)14-38-20-11-9-19(10-12-20)28(5,6)7/h9-12,21,23-26H,13-14H2,1-8H3,(H,29,33)/t21-,23-,24-,25-,26-/m1/s1. The molecule has 14 heteroatoms. The van der Waals surface area contributed by atoms with E-state index in [0.29, 0.717) is 11.6 Å². The normalized spacial score (nSPS) is 22.1. The van der Waals surface area contributed by atoms with Gasteiger partial charge in [-0.25, -0.2) is 4.68 Å². The van der Waals surface area contributed by atoms with Crippen LogP contribution in [0.1, 0.15) is 66.1 Å². The van der Waals surface area contributed by atoms with Gasteiger partial charge in [0.15, 0.2) is 29.0 Å². The van der Waals surface area contributed by atoms with E-state index >= 15 is 0 Å². The zero-order chi connectivity index (χ0) is 31.4. The van der Waals surface area contributed by atoms with Crippen LogP contribution in [0.15, 0.2) is 24.3 Å². The Kier molecular flexibility index (Phi) is 10.5. The van der Waals surface area contributed by atoms with E-state index in [9.17, 15) is 19.2 Å². The fraction of sp³-hybridized carbons (Fsp3) is 0.571. The second kappa shape index (κ2) is 13.5. The lowest BCUT2D eigenvalue weighted by Gasteiger charge is -2.45. The van der Waals surface area contributed by atoms with E-state index in [0.717, 1.165) is 5.56 Å². The van der Waals surface area contributed by atoms with Crippen molar-refractivity contribution in [1.82, 2.24) is 19.7 Å². The van der Waals surface area contributed by atoms with Gasteiger partial charge in [-0.15, -0.1) is 0 Å². The number of hydrogen-bond donors (Lipinski definition) is 1. The Morgan fingerprint density at radius 2 is 1.57 bits per heavy atom. The van der Waals surface area contributed by atoms with Gasteiger partial charge in [-0.1, -0.05) is 32.9 Å². The number of rotatable bonds is 9. The summed E-state index contributed by atoms with van der Waals surface area (Å²) in [5.74, 6) is -1.40. The minimum Gasteiger partial charge on any atom is -0.486 e. The van der Waals surface area contributed by atoms with Crippen molar-refractivity contribution in [3.8, 4) is 5.75 Å². The highest BCUT2D eigenvalue weighted by Crippen LogP contribution is 2.33. The summed E-state index contributed by atoms with van der Waals surface area (Å²) in [6, 6.07) is 6.66. The minimum absolute atomic E-state index is 0.00282. The summed E-state index contributed by atoms with van der Waals surface area (Å²) in [6.45, 7) is 10.9. The molecule has 1 aliphatic rings. The van der Waals surface area contributed by atoms with Gasteiger partial charge in [0.1, 0.15) is 31.1 Å². The molecule has 3 rings (SSSR count). The van der Waals surface area contributed by atoms with Crippen molar-refractivity contribution in [1.29, 1.82) is 0 Å². The molecule has 2 heterocycles. The number of carbonyl (C=O) groups excluding carboxylic acids is 4. The number of hydrogen-bond acceptors (Lipinski definition) is 11. The minimum atomic E-state index is -1.24. The first-order valence-electron chi connectivity index (χ1n) is 13.4. The van der Waals surface area contributed by atoms with Crippen LogP contribution >= 0.6 is 12.2 Å². The lowest BCUT2D eigenvalue weighted by atomic mass is 9.87. The van der Waals surface area contributed by atoms with Crippen molar-refractivity contribution >= 4 is 36.0 Å². The van der Waals surface area contributed by atoms with Gasteiger partial charge in [0, 0.05) is 34.7 Å². The van der Waals surface area contributed by atoms with Gasteiger partial charge < -0.3 is 33.6 Å². The van der Waals surface area contributed by atoms with Gasteiger partial charge in [-0.05, 0) is 35.3 Å². The van der Waals surface area contributed by atoms with Crippen molar-refractivity contribution in [2.45, 2.75) is 91.1 Å². The third-order valence-corrected chi connectivity index (χ3v) is 6.97. The molecule has 1 fully saturated rings. The maximum atomic E-state index is 12.3. The molecule has 0 unspecified atom stereocenters. The zero-order valence-electron chi connectivity index (χ0n) is 25.0. The lowest BCUT2D eigenvalue weighted by molar-refractivity contribution is -0.239. The smallest absolute Gasteiger partial charge is 0.303 e. The molecule has 0 radical (unpaired) electrons. The van der Waals surface area contributed by atoms with Crippen LogP contribution in [-0.2, 0) is 57.2 Å². The molecule has 1 saturated heterocycles. The molecule has 1 N–H and O–H groups in total. The van der Waals surface area contributed by atoms with Crippen molar-refractivity contribution in [3.63, 3.8) is 0 Å². The molecule has 1 aromatic heterocycles. The summed E-state index contributed by atoms with van der Waals surface area (Å²) in [7, 11) is 1.70. The van der Waals surface area contributed by atoms with Gasteiger partial charge >= 0.3 is 17.9 Å². The Hall–Kier alpha value is -3.78. The first kappa shape index (κ1) is 32.7. The predicted octanol–water partition coefficient (Wildman–Crippen LogP) is 2.66. The van der Waals surface area contributed by atoms with E-state index in [4.69, 9.17) is 35.9 Å². The summed E-state index contributed by atoms with van der Waals surface area (Å²) in [6.07, 6.45) is -4.71. The van der Waals surface area contributed by atoms with Crippen LogP contribution in [0.4, 0.5) is 0 Å².